The van der Waals surface area contributed by atoms with E-state index in [9.17, 15) is 4.39 Å². The summed E-state index contributed by atoms with van der Waals surface area (Å²) < 4.78 is 16.6. The molecule has 5 heteroatoms. The molecule has 21 heavy (non-hydrogen) atoms. The first-order chi connectivity index (χ1) is 10.1. The highest BCUT2D eigenvalue weighted by atomic mass is 127. The molecule has 2 aromatic carbocycles. The van der Waals surface area contributed by atoms with E-state index in [4.69, 9.17) is 11.6 Å². The number of halogens is 3. The maximum Gasteiger partial charge on any atom is 0.142 e. The lowest BCUT2D eigenvalue weighted by molar-refractivity contribution is 0.624. The van der Waals surface area contributed by atoms with Crippen molar-refractivity contribution < 1.29 is 4.39 Å². The summed E-state index contributed by atoms with van der Waals surface area (Å²) in [6.45, 7) is 0.484. The molecule has 2 nitrogen and oxygen atoms in total. The number of nitrogens with zero attached hydrogens (tertiary/aromatic N) is 2. The smallest absolute Gasteiger partial charge is 0.142 e. The van der Waals surface area contributed by atoms with Crippen molar-refractivity contribution in [2.75, 3.05) is 0 Å². The van der Waals surface area contributed by atoms with Crippen LogP contribution in [0.25, 0.3) is 11.4 Å². The van der Waals surface area contributed by atoms with E-state index in [0.29, 0.717) is 6.54 Å². The van der Waals surface area contributed by atoms with Gasteiger partial charge in [0, 0.05) is 21.5 Å². The first-order valence-corrected chi connectivity index (χ1v) is 7.81. The Balaban J connectivity index is 1.96. The molecule has 106 valence electrons. The summed E-state index contributed by atoms with van der Waals surface area (Å²) in [5.74, 6) is 0.442. The van der Waals surface area contributed by atoms with Crippen molar-refractivity contribution in [3.8, 4) is 11.4 Å². The quantitative estimate of drug-likeness (QED) is 0.554. The van der Waals surface area contributed by atoms with Gasteiger partial charge in [0.2, 0.25) is 0 Å². The second-order valence-electron chi connectivity index (χ2n) is 4.60. The van der Waals surface area contributed by atoms with E-state index in [1.54, 1.807) is 12.3 Å². The van der Waals surface area contributed by atoms with Crippen LogP contribution in [0.1, 0.15) is 5.56 Å². The van der Waals surface area contributed by atoms with Gasteiger partial charge in [-0.15, -0.1) is 0 Å². The maximum atomic E-state index is 13.5. The molecule has 3 aromatic rings. The minimum atomic E-state index is -0.398. The average Bonchev–Trinajstić information content (AvgIpc) is 2.93. The molecular weight excluding hydrogens is 402 g/mol. The molecule has 0 aliphatic rings. The zero-order chi connectivity index (χ0) is 14.8. The molecule has 0 unspecified atom stereocenters. The molecule has 0 aliphatic heterocycles. The van der Waals surface area contributed by atoms with Gasteiger partial charge in [-0.1, -0.05) is 35.9 Å². The number of aromatic nitrogens is 2. The highest BCUT2D eigenvalue weighted by Crippen LogP contribution is 2.24. The van der Waals surface area contributed by atoms with E-state index in [0.717, 1.165) is 17.0 Å². The van der Waals surface area contributed by atoms with E-state index >= 15 is 0 Å². The van der Waals surface area contributed by atoms with Gasteiger partial charge in [-0.25, -0.2) is 9.37 Å². The van der Waals surface area contributed by atoms with Gasteiger partial charge >= 0.3 is 0 Å². The van der Waals surface area contributed by atoms with Gasteiger partial charge in [0.25, 0.3) is 0 Å². The predicted octanol–water partition coefficient (Wildman–Crippen LogP) is 5.00. The Morgan fingerprint density at radius 1 is 1.14 bits per heavy atom. The maximum absolute atomic E-state index is 13.5. The SMILES string of the molecule is Fc1cccc(Cn2ccnc2-c2ccc(I)cc2)c1Cl. The van der Waals surface area contributed by atoms with Crippen LogP contribution in [-0.4, -0.2) is 9.55 Å². The Morgan fingerprint density at radius 2 is 1.90 bits per heavy atom. The number of rotatable bonds is 3. The molecule has 0 radical (unpaired) electrons. The van der Waals surface area contributed by atoms with Crippen LogP contribution in [0.5, 0.6) is 0 Å². The number of hydrogen-bond donors (Lipinski definition) is 0. The Bertz CT molecular complexity index is 768. The highest BCUT2D eigenvalue weighted by Gasteiger charge is 2.10. The lowest BCUT2D eigenvalue weighted by Gasteiger charge is -2.10. The van der Waals surface area contributed by atoms with Gasteiger partial charge < -0.3 is 4.57 Å². The first-order valence-electron chi connectivity index (χ1n) is 6.35. The molecule has 0 bridgehead atoms. The lowest BCUT2D eigenvalue weighted by Crippen LogP contribution is -2.02. The highest BCUT2D eigenvalue weighted by molar-refractivity contribution is 14.1. The summed E-state index contributed by atoms with van der Waals surface area (Å²) in [4.78, 5) is 4.39. The molecule has 1 heterocycles. The van der Waals surface area contributed by atoms with Crippen LogP contribution < -0.4 is 0 Å². The molecule has 0 amide bonds. The van der Waals surface area contributed by atoms with Gasteiger partial charge in [0.05, 0.1) is 11.6 Å². The minimum Gasteiger partial charge on any atom is -0.327 e. The van der Waals surface area contributed by atoms with Crippen LogP contribution in [-0.2, 0) is 6.54 Å². The van der Waals surface area contributed by atoms with Gasteiger partial charge in [-0.2, -0.15) is 0 Å². The largest absolute Gasteiger partial charge is 0.327 e. The van der Waals surface area contributed by atoms with Crippen LogP contribution in [0, 0.1) is 9.39 Å². The molecule has 0 spiro atoms. The second-order valence-corrected chi connectivity index (χ2v) is 6.22. The molecule has 1 aromatic heterocycles. The standard InChI is InChI=1S/C16H11ClFIN2/c17-15-12(2-1-3-14(15)18)10-21-9-8-20-16(21)11-4-6-13(19)7-5-11/h1-9H,10H2. The second kappa shape index (κ2) is 6.15. The molecule has 0 atom stereocenters. The van der Waals surface area contributed by atoms with Gasteiger partial charge in [0.1, 0.15) is 11.6 Å². The van der Waals surface area contributed by atoms with Crippen molar-refractivity contribution in [1.82, 2.24) is 9.55 Å². The Hall–Kier alpha value is -1.40. The van der Waals surface area contributed by atoms with Crippen molar-refractivity contribution in [1.29, 1.82) is 0 Å². The first kappa shape index (κ1) is 14.5. The van der Waals surface area contributed by atoms with Crippen LogP contribution in [0.2, 0.25) is 5.02 Å². The molecule has 0 saturated carbocycles. The zero-order valence-electron chi connectivity index (χ0n) is 10.9. The molecule has 0 aliphatic carbocycles. The number of benzene rings is 2. The zero-order valence-corrected chi connectivity index (χ0v) is 13.8. The minimum absolute atomic E-state index is 0.166. The third-order valence-corrected chi connectivity index (χ3v) is 4.33. The van der Waals surface area contributed by atoms with E-state index < -0.39 is 5.82 Å². The van der Waals surface area contributed by atoms with E-state index in [2.05, 4.69) is 27.6 Å². The summed E-state index contributed by atoms with van der Waals surface area (Å²) in [6, 6.07) is 13.0. The lowest BCUT2D eigenvalue weighted by atomic mass is 10.2. The van der Waals surface area contributed by atoms with Gasteiger partial charge in [-0.05, 0) is 46.4 Å². The summed E-state index contributed by atoms with van der Waals surface area (Å²) in [6.07, 6.45) is 3.61. The topological polar surface area (TPSA) is 17.8 Å². The van der Waals surface area contributed by atoms with Crippen molar-refractivity contribution in [3.05, 3.63) is 74.8 Å². The molecule has 3 rings (SSSR count). The van der Waals surface area contributed by atoms with Crippen molar-refractivity contribution in [2.24, 2.45) is 0 Å². The summed E-state index contributed by atoms with van der Waals surface area (Å²) in [5.41, 5.74) is 1.76. The monoisotopic (exact) mass is 412 g/mol. The van der Waals surface area contributed by atoms with Crippen LogP contribution >= 0.6 is 34.2 Å². The van der Waals surface area contributed by atoms with Crippen molar-refractivity contribution >= 4 is 34.2 Å². The predicted molar refractivity (Wildman–Crippen MR) is 90.9 cm³/mol. The number of hydrogen-bond acceptors (Lipinski definition) is 1. The summed E-state index contributed by atoms with van der Waals surface area (Å²) in [5, 5.41) is 0.166. The normalized spacial score (nSPS) is 10.8. The van der Waals surface area contributed by atoms with Crippen LogP contribution in [0.15, 0.2) is 54.9 Å². The summed E-state index contributed by atoms with van der Waals surface area (Å²) >= 11 is 8.28. The van der Waals surface area contributed by atoms with Gasteiger partial charge in [0.15, 0.2) is 0 Å². The number of imidazole rings is 1. The van der Waals surface area contributed by atoms with E-state index in [1.807, 2.05) is 41.1 Å². The average molecular weight is 413 g/mol. The van der Waals surface area contributed by atoms with Crippen molar-refractivity contribution in [3.63, 3.8) is 0 Å². The molecular formula is C16H11ClFIN2. The third kappa shape index (κ3) is 3.11. The molecule has 0 N–H and O–H groups in total. The van der Waals surface area contributed by atoms with E-state index in [-0.39, 0.29) is 5.02 Å². The van der Waals surface area contributed by atoms with E-state index in [1.165, 1.54) is 9.64 Å². The summed E-state index contributed by atoms with van der Waals surface area (Å²) in [7, 11) is 0. The van der Waals surface area contributed by atoms with Crippen LogP contribution in [0.3, 0.4) is 0 Å². The fraction of sp³-hybridized carbons (Fsp3) is 0.0625. The van der Waals surface area contributed by atoms with Gasteiger partial charge in [-0.3, -0.25) is 0 Å². The fourth-order valence-corrected chi connectivity index (χ4v) is 2.70. The Morgan fingerprint density at radius 3 is 2.67 bits per heavy atom. The Kier molecular flexibility index (Phi) is 4.26. The molecule has 0 fully saturated rings. The third-order valence-electron chi connectivity index (χ3n) is 3.19. The molecule has 0 saturated heterocycles. The van der Waals surface area contributed by atoms with Crippen molar-refractivity contribution in [2.45, 2.75) is 6.54 Å². The fourth-order valence-electron chi connectivity index (χ4n) is 2.15. The van der Waals surface area contributed by atoms with Crippen LogP contribution in [0.4, 0.5) is 4.39 Å². The Labute approximate surface area is 140 Å².